The maximum atomic E-state index is 3.81. The Bertz CT molecular complexity index is 71.3. The van der Waals surface area contributed by atoms with Crippen molar-refractivity contribution in [3.63, 3.8) is 0 Å². The molecule has 0 aliphatic rings. The summed E-state index contributed by atoms with van der Waals surface area (Å²) in [6, 6.07) is 0. The van der Waals surface area contributed by atoms with E-state index in [1.165, 1.54) is 18.6 Å². The molecular formula is C9H19S. The molecule has 0 aromatic heterocycles. The molecule has 0 fully saturated rings. The van der Waals surface area contributed by atoms with Crippen molar-refractivity contribution in [3.8, 4) is 0 Å². The SMILES string of the molecule is [CH2]CCCCSC(C)(C)C. The van der Waals surface area contributed by atoms with E-state index in [2.05, 4.69) is 27.7 Å². The van der Waals surface area contributed by atoms with Gasteiger partial charge in [-0.15, -0.1) is 0 Å². The van der Waals surface area contributed by atoms with Crippen molar-refractivity contribution in [2.75, 3.05) is 5.75 Å². The van der Waals surface area contributed by atoms with Crippen LogP contribution in [0, 0.1) is 6.92 Å². The molecule has 0 amide bonds. The fourth-order valence-corrected chi connectivity index (χ4v) is 1.62. The molecule has 10 heavy (non-hydrogen) atoms. The Morgan fingerprint density at radius 3 is 2.20 bits per heavy atom. The van der Waals surface area contributed by atoms with E-state index in [0.29, 0.717) is 4.75 Å². The maximum absolute atomic E-state index is 3.81. The van der Waals surface area contributed by atoms with Gasteiger partial charge >= 0.3 is 0 Å². The molecule has 0 aliphatic heterocycles. The number of thioether (sulfide) groups is 1. The van der Waals surface area contributed by atoms with Gasteiger partial charge in [-0.3, -0.25) is 0 Å². The summed E-state index contributed by atoms with van der Waals surface area (Å²) in [5, 5.41) is 0. The Morgan fingerprint density at radius 1 is 1.20 bits per heavy atom. The van der Waals surface area contributed by atoms with E-state index in [-0.39, 0.29) is 0 Å². The van der Waals surface area contributed by atoms with Gasteiger partial charge in [0.1, 0.15) is 0 Å². The van der Waals surface area contributed by atoms with Gasteiger partial charge < -0.3 is 0 Å². The van der Waals surface area contributed by atoms with Crippen molar-refractivity contribution >= 4 is 11.8 Å². The van der Waals surface area contributed by atoms with Crippen molar-refractivity contribution in [2.24, 2.45) is 0 Å². The summed E-state index contributed by atoms with van der Waals surface area (Å²) in [6.45, 7) is 10.6. The summed E-state index contributed by atoms with van der Waals surface area (Å²) < 4.78 is 0.446. The zero-order valence-corrected chi connectivity index (χ0v) is 8.26. The van der Waals surface area contributed by atoms with Crippen LogP contribution in [0.3, 0.4) is 0 Å². The lowest BCUT2D eigenvalue weighted by Crippen LogP contribution is -2.07. The fourth-order valence-electron chi connectivity index (χ4n) is 0.657. The van der Waals surface area contributed by atoms with E-state index in [0.717, 1.165) is 6.42 Å². The van der Waals surface area contributed by atoms with Gasteiger partial charge in [0.05, 0.1) is 0 Å². The van der Waals surface area contributed by atoms with Gasteiger partial charge in [0.25, 0.3) is 0 Å². The zero-order chi connectivity index (χ0) is 8.04. The lowest BCUT2D eigenvalue weighted by atomic mass is 10.3. The van der Waals surface area contributed by atoms with Crippen LogP contribution in [-0.4, -0.2) is 10.5 Å². The standard InChI is InChI=1S/C9H19S/c1-5-6-7-8-10-9(2,3)4/h1,5-8H2,2-4H3. The highest BCUT2D eigenvalue weighted by atomic mass is 32.2. The first-order chi connectivity index (χ1) is 4.56. The minimum atomic E-state index is 0.446. The van der Waals surface area contributed by atoms with Crippen LogP contribution in [0.25, 0.3) is 0 Å². The average molecular weight is 159 g/mol. The predicted octanol–water partition coefficient (Wildman–Crippen LogP) is 3.52. The van der Waals surface area contributed by atoms with Crippen LogP contribution >= 0.6 is 11.8 Å². The normalized spacial score (nSPS) is 12.0. The molecule has 0 spiro atoms. The minimum Gasteiger partial charge on any atom is -0.156 e. The first kappa shape index (κ1) is 10.3. The van der Waals surface area contributed by atoms with Crippen molar-refractivity contribution in [3.05, 3.63) is 6.92 Å². The van der Waals surface area contributed by atoms with E-state index in [4.69, 9.17) is 0 Å². The summed E-state index contributed by atoms with van der Waals surface area (Å²) in [7, 11) is 0. The quantitative estimate of drug-likeness (QED) is 0.566. The number of rotatable bonds is 4. The molecular weight excluding hydrogens is 140 g/mol. The third-order valence-electron chi connectivity index (χ3n) is 1.18. The lowest BCUT2D eigenvalue weighted by Gasteiger charge is -2.16. The molecule has 1 radical (unpaired) electrons. The summed E-state index contributed by atoms with van der Waals surface area (Å²) in [5.74, 6) is 1.29. The van der Waals surface area contributed by atoms with E-state index < -0.39 is 0 Å². The molecule has 0 unspecified atom stereocenters. The summed E-state index contributed by atoms with van der Waals surface area (Å²) in [4.78, 5) is 0. The van der Waals surface area contributed by atoms with Crippen LogP contribution < -0.4 is 0 Å². The Kier molecular flexibility index (Phi) is 5.24. The molecule has 0 aromatic rings. The van der Waals surface area contributed by atoms with Crippen LogP contribution in [0.4, 0.5) is 0 Å². The molecule has 0 atom stereocenters. The minimum absolute atomic E-state index is 0.446. The predicted molar refractivity (Wildman–Crippen MR) is 51.4 cm³/mol. The first-order valence-corrected chi connectivity index (χ1v) is 4.98. The van der Waals surface area contributed by atoms with Gasteiger partial charge in [0, 0.05) is 4.75 Å². The second-order valence-electron chi connectivity index (χ2n) is 3.52. The molecule has 0 N–H and O–H groups in total. The molecule has 61 valence electrons. The highest BCUT2D eigenvalue weighted by Crippen LogP contribution is 2.24. The highest BCUT2D eigenvalue weighted by molar-refractivity contribution is 8.00. The number of unbranched alkanes of at least 4 members (excludes halogenated alkanes) is 2. The second kappa shape index (κ2) is 5.06. The van der Waals surface area contributed by atoms with E-state index in [1.54, 1.807) is 0 Å². The molecule has 0 nitrogen and oxygen atoms in total. The number of hydrogen-bond donors (Lipinski definition) is 0. The molecule has 0 heterocycles. The van der Waals surface area contributed by atoms with Gasteiger partial charge in [0.15, 0.2) is 0 Å². The zero-order valence-electron chi connectivity index (χ0n) is 7.44. The van der Waals surface area contributed by atoms with E-state index in [9.17, 15) is 0 Å². The van der Waals surface area contributed by atoms with Crippen LogP contribution in [0.5, 0.6) is 0 Å². The summed E-state index contributed by atoms with van der Waals surface area (Å²) in [6.07, 6.45) is 3.69. The summed E-state index contributed by atoms with van der Waals surface area (Å²) in [5.41, 5.74) is 0. The Hall–Kier alpha value is 0.350. The van der Waals surface area contributed by atoms with Crippen LogP contribution in [0.15, 0.2) is 0 Å². The fraction of sp³-hybridized carbons (Fsp3) is 0.889. The summed E-state index contributed by atoms with van der Waals surface area (Å²) >= 11 is 2.05. The molecule has 1 heteroatoms. The van der Waals surface area contributed by atoms with Crippen molar-refractivity contribution in [1.82, 2.24) is 0 Å². The van der Waals surface area contributed by atoms with Crippen molar-refractivity contribution in [1.29, 1.82) is 0 Å². The number of hydrogen-bond acceptors (Lipinski definition) is 1. The second-order valence-corrected chi connectivity index (χ2v) is 5.44. The van der Waals surface area contributed by atoms with E-state index >= 15 is 0 Å². The molecule has 0 saturated heterocycles. The van der Waals surface area contributed by atoms with Gasteiger partial charge in [-0.1, -0.05) is 40.5 Å². The first-order valence-electron chi connectivity index (χ1n) is 3.99. The van der Waals surface area contributed by atoms with Crippen molar-refractivity contribution < 1.29 is 0 Å². The van der Waals surface area contributed by atoms with Crippen LogP contribution in [0.1, 0.15) is 40.0 Å². The van der Waals surface area contributed by atoms with Gasteiger partial charge in [-0.25, -0.2) is 0 Å². The third kappa shape index (κ3) is 8.35. The third-order valence-corrected chi connectivity index (χ3v) is 2.54. The monoisotopic (exact) mass is 159 g/mol. The van der Waals surface area contributed by atoms with Gasteiger partial charge in [0.2, 0.25) is 0 Å². The van der Waals surface area contributed by atoms with Crippen LogP contribution in [0.2, 0.25) is 0 Å². The Balaban J connectivity index is 3.04. The van der Waals surface area contributed by atoms with Gasteiger partial charge in [-0.2, -0.15) is 11.8 Å². The highest BCUT2D eigenvalue weighted by Gasteiger charge is 2.08. The molecule has 0 rings (SSSR count). The average Bonchev–Trinajstić information content (AvgIpc) is 1.78. The molecule has 0 aromatic carbocycles. The Morgan fingerprint density at radius 2 is 1.80 bits per heavy atom. The molecule has 0 saturated carbocycles. The molecule has 0 bridgehead atoms. The van der Waals surface area contributed by atoms with Crippen molar-refractivity contribution in [2.45, 2.75) is 44.8 Å². The van der Waals surface area contributed by atoms with E-state index in [1.807, 2.05) is 11.8 Å². The van der Waals surface area contributed by atoms with Crippen LogP contribution in [-0.2, 0) is 0 Å². The Labute approximate surface area is 69.8 Å². The maximum Gasteiger partial charge on any atom is 0.00750 e. The largest absolute Gasteiger partial charge is 0.156 e. The topological polar surface area (TPSA) is 0 Å². The molecule has 0 aliphatic carbocycles. The smallest absolute Gasteiger partial charge is 0.00750 e. The van der Waals surface area contributed by atoms with Gasteiger partial charge in [-0.05, 0) is 12.2 Å². The lowest BCUT2D eigenvalue weighted by molar-refractivity contribution is 0.782.